The van der Waals surface area contributed by atoms with Gasteiger partial charge in [0.2, 0.25) is 0 Å². The molecule has 0 fully saturated rings. The van der Waals surface area contributed by atoms with Crippen molar-refractivity contribution in [2.75, 3.05) is 0 Å². The second-order valence-electron chi connectivity index (χ2n) is 1.65. The summed E-state index contributed by atoms with van der Waals surface area (Å²) in [6.45, 7) is 0. The molecule has 0 rings (SSSR count). The third kappa shape index (κ3) is 552. The molecule has 12 nitrogen and oxygen atoms in total. The van der Waals surface area contributed by atoms with E-state index in [9.17, 15) is 0 Å². The van der Waals surface area contributed by atoms with Crippen LogP contribution in [-0.2, 0) is 0 Å². The fourth-order valence-electron chi connectivity index (χ4n) is 0. The molecule has 0 aliphatic rings. The molecular weight excluding hydrogens is 622 g/mol. The predicted molar refractivity (Wildman–Crippen MR) is 30.6 cm³/mol. The number of rotatable bonds is 0. The first-order chi connectivity index (χ1) is 6.00. The van der Waals surface area contributed by atoms with Crippen LogP contribution in [0.3, 0.4) is 0 Å². The van der Waals surface area contributed by atoms with Gasteiger partial charge < -0.3 is 66.6 Å². The summed E-state index contributed by atoms with van der Waals surface area (Å²) in [5.74, 6) is 0. The van der Waals surface area contributed by atoms with Crippen molar-refractivity contribution in [2.24, 2.45) is 0 Å². The summed E-state index contributed by atoms with van der Waals surface area (Å²) in [4.78, 5) is 95.4. The first-order valence-electron chi connectivity index (χ1n) is 2.57. The van der Waals surface area contributed by atoms with Gasteiger partial charge in [0.05, 0.1) is 0 Å². The Morgan fingerprint density at radius 2 is 0.529 bits per heavy atom. The second-order valence-corrected chi connectivity index (χ2v) is 4.95. The van der Waals surface area contributed by atoms with E-state index in [1.807, 2.05) is 0 Å². The molecular formula is H6O12Si3Yb2. The molecule has 0 aromatic rings. The van der Waals surface area contributed by atoms with Crippen LogP contribution in [0, 0.1) is 93.8 Å². The van der Waals surface area contributed by atoms with E-state index in [2.05, 4.69) is 0 Å². The van der Waals surface area contributed by atoms with Crippen LogP contribution < -0.4 is 28.8 Å². The predicted octanol–water partition coefficient (Wildman–Crippen LogP) is -11.6. The van der Waals surface area contributed by atoms with Crippen LogP contribution in [0.1, 0.15) is 0 Å². The van der Waals surface area contributed by atoms with Crippen molar-refractivity contribution in [3.63, 3.8) is 0 Å². The normalized spacial score (nSPS) is 10.6. The van der Waals surface area contributed by atoms with Crippen LogP contribution in [0.25, 0.3) is 0 Å². The van der Waals surface area contributed by atoms with Gasteiger partial charge in [0.1, 0.15) is 9.05 Å². The van der Waals surface area contributed by atoms with Crippen LogP contribution in [0.2, 0.25) is 0 Å². The maximum atomic E-state index is 8.80. The molecule has 0 aromatic carbocycles. The molecule has 0 unspecified atom stereocenters. The fraction of sp³-hybridized carbons (Fsp3) is 0. The van der Waals surface area contributed by atoms with E-state index in [4.69, 9.17) is 57.5 Å². The Morgan fingerprint density at radius 3 is 0.529 bits per heavy atom. The smallest absolute Gasteiger partial charge is 0.894 e. The average Bonchev–Trinajstić information content (AvgIpc) is 1.41. The van der Waals surface area contributed by atoms with E-state index in [0.29, 0.717) is 0 Å². The second kappa shape index (κ2) is 14.2. The van der Waals surface area contributed by atoms with Gasteiger partial charge in [-0.15, -0.1) is 0 Å². The molecule has 0 atom stereocenters. The van der Waals surface area contributed by atoms with E-state index in [1.165, 1.54) is 0 Å². The van der Waals surface area contributed by atoms with Crippen LogP contribution >= 0.6 is 0 Å². The summed E-state index contributed by atoms with van der Waals surface area (Å²) < 4.78 is 0. The van der Waals surface area contributed by atoms with Gasteiger partial charge in [0.15, 0.2) is 0 Å². The van der Waals surface area contributed by atoms with E-state index in [0.717, 1.165) is 0 Å². The quantitative estimate of drug-likeness (QED) is 0.137. The molecule has 17 heavy (non-hydrogen) atoms. The van der Waals surface area contributed by atoms with Gasteiger partial charge in [-0.1, -0.05) is 0 Å². The average molecular weight is 628 g/mol. The molecule has 0 aliphatic carbocycles. The summed E-state index contributed by atoms with van der Waals surface area (Å²) in [5, 5.41) is 0. The minimum atomic E-state index is -5.61. The zero-order chi connectivity index (χ0) is 13.5. The Kier molecular flexibility index (Phi) is 26.9. The largest absolute Gasteiger partial charge is 3.00 e. The van der Waals surface area contributed by atoms with Crippen molar-refractivity contribution in [2.45, 2.75) is 0 Å². The fourth-order valence-corrected chi connectivity index (χ4v) is 0. The molecule has 0 heterocycles. The Labute approximate surface area is 175 Å². The Morgan fingerprint density at radius 1 is 0.529 bits per heavy atom. The van der Waals surface area contributed by atoms with Crippen molar-refractivity contribution >= 4 is 27.1 Å². The molecule has 0 aliphatic heterocycles. The Hall–Kier alpha value is 3.21. The molecule has 2 radical (unpaired) electrons. The molecule has 0 spiro atoms. The Balaban J connectivity index is -0.0000000400. The molecule has 6 N–H and O–H groups in total. The van der Waals surface area contributed by atoms with Crippen LogP contribution in [0.4, 0.5) is 0 Å². The van der Waals surface area contributed by atoms with Crippen molar-refractivity contribution < 1.29 is 151 Å². The maximum absolute atomic E-state index is 8.80. The molecule has 0 aromatic heterocycles. The Bertz CT molecular complexity index is 94.8. The zero-order valence-electron chi connectivity index (χ0n) is 7.17. The number of hydrogen-bond acceptors (Lipinski definition) is 12. The first-order valence-corrected chi connectivity index (χ1v) is 7.70. The third-order valence-corrected chi connectivity index (χ3v) is 0. The standard InChI is InChI=1S/H4O4Si.H2O4Si.O4Si.2Yb/c3*1-5(2,3)4;;/h1-4H;1-2H;;;/q;-2;-4;2*+3. The molecule has 118 valence electrons. The monoisotopic (exact) mass is 630 g/mol. The van der Waals surface area contributed by atoms with Gasteiger partial charge in [0.25, 0.3) is 0 Å². The molecule has 0 saturated heterocycles. The van der Waals surface area contributed by atoms with Gasteiger partial charge in [-0.2, -0.15) is 0 Å². The van der Waals surface area contributed by atoms with Crippen LogP contribution in [0.15, 0.2) is 0 Å². The minimum Gasteiger partial charge on any atom is -0.894 e. The van der Waals surface area contributed by atoms with Gasteiger partial charge >= 0.3 is 103 Å². The summed E-state index contributed by atoms with van der Waals surface area (Å²) >= 11 is 0. The zero-order valence-corrected chi connectivity index (χ0v) is 13.6. The van der Waals surface area contributed by atoms with Gasteiger partial charge in [-0.3, -0.25) is 0 Å². The van der Waals surface area contributed by atoms with Crippen molar-refractivity contribution in [1.82, 2.24) is 0 Å². The minimum absolute atomic E-state index is 0. The molecule has 0 saturated carbocycles. The van der Waals surface area contributed by atoms with E-state index in [1.54, 1.807) is 0 Å². The maximum Gasteiger partial charge on any atom is 3.00 e. The van der Waals surface area contributed by atoms with Crippen LogP contribution in [0.5, 0.6) is 0 Å². The van der Waals surface area contributed by atoms with E-state index >= 15 is 0 Å². The topological polar surface area (TPSA) is 260 Å². The summed E-state index contributed by atoms with van der Waals surface area (Å²) in [5.41, 5.74) is 0. The SMILES string of the molecule is O[Si](O)(O)O.[O-][Si]([O-])(O)O.[O-][Si]([O-])([O-])[O-].[Yb+3].[Yb+3]. The summed E-state index contributed by atoms with van der Waals surface area (Å²) in [7, 11) is -15.3. The van der Waals surface area contributed by atoms with Crippen molar-refractivity contribution in [3.05, 3.63) is 0 Å². The van der Waals surface area contributed by atoms with Crippen molar-refractivity contribution in [3.8, 4) is 0 Å². The summed E-state index contributed by atoms with van der Waals surface area (Å²) in [6.07, 6.45) is 0. The van der Waals surface area contributed by atoms with E-state index < -0.39 is 27.1 Å². The van der Waals surface area contributed by atoms with Gasteiger partial charge in [-0.25, -0.2) is 0 Å². The molecule has 0 bridgehead atoms. The number of hydrogen-bond donors (Lipinski definition) is 6. The first kappa shape index (κ1) is 32.2. The third-order valence-electron chi connectivity index (χ3n) is 0. The van der Waals surface area contributed by atoms with Crippen molar-refractivity contribution in [1.29, 1.82) is 0 Å². The molecule has 17 heteroatoms. The molecule has 0 amide bonds. The van der Waals surface area contributed by atoms with Gasteiger partial charge in [-0.05, 0) is 0 Å². The van der Waals surface area contributed by atoms with Gasteiger partial charge in [0, 0.05) is 0 Å². The van der Waals surface area contributed by atoms with Crippen LogP contribution in [-0.4, -0.2) is 55.9 Å². The van der Waals surface area contributed by atoms with E-state index in [-0.39, 0.29) is 93.8 Å². The summed E-state index contributed by atoms with van der Waals surface area (Å²) in [6, 6.07) is 0.